The number of rotatable bonds is 5. The molecule has 5 rings (SSSR count). The van der Waals surface area contributed by atoms with Crippen LogP contribution in [-0.4, -0.2) is 57.2 Å². The summed E-state index contributed by atoms with van der Waals surface area (Å²) in [5, 5.41) is 0. The van der Waals surface area contributed by atoms with Crippen LogP contribution < -0.4 is 10.3 Å². The van der Waals surface area contributed by atoms with E-state index in [2.05, 4.69) is 0 Å². The normalized spacial score (nSPS) is 22.8. The number of carbonyl (C=O) groups is 2. The zero-order valence-electron chi connectivity index (χ0n) is 18.8. The Bertz CT molecular complexity index is 1250. The van der Waals surface area contributed by atoms with Gasteiger partial charge in [0.15, 0.2) is 0 Å². The van der Waals surface area contributed by atoms with Gasteiger partial charge in [0, 0.05) is 50.3 Å². The molecule has 176 valence electrons. The van der Waals surface area contributed by atoms with E-state index in [1.807, 2.05) is 39.8 Å². The Kier molecular flexibility index (Phi) is 6.31. The number of likely N-dealkylation sites (tertiary alicyclic amines) is 1. The molecule has 0 radical (unpaired) electrons. The lowest BCUT2D eigenvalue weighted by molar-refractivity contribution is -0.134. The van der Waals surface area contributed by atoms with E-state index in [0.717, 1.165) is 17.7 Å². The highest BCUT2D eigenvalue weighted by Gasteiger charge is 2.37. The number of amides is 2. The molecule has 7 nitrogen and oxygen atoms in total. The largest absolute Gasteiger partial charge is 0.497 e. The number of benzene rings is 1. The second-order valence-electron chi connectivity index (χ2n) is 8.86. The van der Waals surface area contributed by atoms with Crippen molar-refractivity contribution >= 4 is 46.2 Å². The van der Waals surface area contributed by atoms with Crippen LogP contribution in [0.5, 0.6) is 5.75 Å². The third-order valence-corrected chi connectivity index (χ3v) is 8.02. The molecule has 3 aliphatic rings. The smallest absolute Gasteiger partial charge is 0.266 e. The van der Waals surface area contributed by atoms with Crippen molar-refractivity contribution in [3.63, 3.8) is 0 Å². The van der Waals surface area contributed by atoms with Gasteiger partial charge in [0.05, 0.1) is 12.0 Å². The van der Waals surface area contributed by atoms with E-state index in [4.69, 9.17) is 17.0 Å². The third kappa shape index (κ3) is 4.42. The van der Waals surface area contributed by atoms with E-state index >= 15 is 0 Å². The first-order valence-electron chi connectivity index (χ1n) is 11.3. The molecule has 1 aromatic heterocycles. The molecule has 2 saturated heterocycles. The lowest BCUT2D eigenvalue weighted by Crippen LogP contribution is -2.49. The van der Waals surface area contributed by atoms with Crippen LogP contribution in [0.25, 0.3) is 6.08 Å². The molecule has 34 heavy (non-hydrogen) atoms. The zero-order chi connectivity index (χ0) is 23.8. The molecule has 2 bridgehead atoms. The Labute approximate surface area is 207 Å². The standard InChI is InChI=1S/C25H25N3O4S2/c1-32-19-5-2-4-16(11-19)12-21-24(31)27(25(33)34-21)9-8-22(29)26-13-17-10-18(15-26)20-6-3-7-23(30)28(20)14-17/h2-7,11-12,17-18H,8-10,13-15H2,1H3/b21-12+/t17?,18-/m1/s1. The summed E-state index contributed by atoms with van der Waals surface area (Å²) in [6, 6.07) is 12.9. The van der Waals surface area contributed by atoms with Crippen LogP contribution >= 0.6 is 24.0 Å². The molecular formula is C25H25N3O4S2. The second kappa shape index (κ2) is 9.38. The predicted octanol–water partition coefficient (Wildman–Crippen LogP) is 3.09. The van der Waals surface area contributed by atoms with Gasteiger partial charge in [0.1, 0.15) is 10.1 Å². The van der Waals surface area contributed by atoms with Gasteiger partial charge in [-0.05, 0) is 42.2 Å². The number of aromatic nitrogens is 1. The van der Waals surface area contributed by atoms with Gasteiger partial charge in [-0.15, -0.1) is 0 Å². The highest BCUT2D eigenvalue weighted by atomic mass is 32.2. The molecule has 0 saturated carbocycles. The number of pyridine rings is 1. The maximum atomic E-state index is 13.1. The van der Waals surface area contributed by atoms with E-state index in [-0.39, 0.29) is 42.2 Å². The second-order valence-corrected chi connectivity index (χ2v) is 10.5. The lowest BCUT2D eigenvalue weighted by Gasteiger charge is -2.42. The third-order valence-electron chi connectivity index (χ3n) is 6.65. The van der Waals surface area contributed by atoms with Crippen LogP contribution in [0.2, 0.25) is 0 Å². The van der Waals surface area contributed by atoms with Crippen molar-refractivity contribution in [2.24, 2.45) is 5.92 Å². The van der Waals surface area contributed by atoms with E-state index in [1.54, 1.807) is 25.3 Å². The molecule has 4 heterocycles. The van der Waals surface area contributed by atoms with E-state index in [9.17, 15) is 14.4 Å². The Morgan fingerprint density at radius 2 is 2.00 bits per heavy atom. The van der Waals surface area contributed by atoms with Gasteiger partial charge in [0.25, 0.3) is 11.5 Å². The first-order valence-corrected chi connectivity index (χ1v) is 12.5. The molecule has 1 aromatic carbocycles. The van der Waals surface area contributed by atoms with Gasteiger partial charge in [-0.3, -0.25) is 19.3 Å². The van der Waals surface area contributed by atoms with Crippen molar-refractivity contribution in [1.82, 2.24) is 14.4 Å². The van der Waals surface area contributed by atoms with Crippen molar-refractivity contribution in [3.05, 3.63) is 69.0 Å². The first kappa shape index (κ1) is 22.9. The van der Waals surface area contributed by atoms with Crippen LogP contribution in [-0.2, 0) is 16.1 Å². The molecule has 2 atom stereocenters. The van der Waals surface area contributed by atoms with Gasteiger partial charge in [-0.25, -0.2) is 0 Å². The van der Waals surface area contributed by atoms with E-state index in [1.165, 1.54) is 16.7 Å². The van der Waals surface area contributed by atoms with E-state index < -0.39 is 0 Å². The first-order chi connectivity index (χ1) is 16.4. The van der Waals surface area contributed by atoms with Crippen LogP contribution in [0, 0.1) is 5.92 Å². The van der Waals surface area contributed by atoms with Gasteiger partial charge < -0.3 is 14.2 Å². The van der Waals surface area contributed by atoms with Gasteiger partial charge >= 0.3 is 0 Å². The molecule has 2 amide bonds. The number of hydrogen-bond acceptors (Lipinski definition) is 6. The maximum Gasteiger partial charge on any atom is 0.266 e. The monoisotopic (exact) mass is 495 g/mol. The molecule has 3 aliphatic heterocycles. The Hall–Kier alpha value is -2.91. The summed E-state index contributed by atoms with van der Waals surface area (Å²) in [6.07, 6.45) is 3.02. The minimum atomic E-state index is -0.172. The number of carbonyl (C=O) groups excluding carboxylic acids is 2. The van der Waals surface area contributed by atoms with Gasteiger partial charge in [-0.1, -0.05) is 42.2 Å². The van der Waals surface area contributed by atoms with Crippen molar-refractivity contribution in [2.75, 3.05) is 26.7 Å². The lowest BCUT2D eigenvalue weighted by atomic mass is 9.83. The summed E-state index contributed by atoms with van der Waals surface area (Å²) in [5.74, 6) is 1.01. The van der Waals surface area contributed by atoms with Crippen molar-refractivity contribution in [2.45, 2.75) is 25.3 Å². The number of methoxy groups -OCH3 is 1. The van der Waals surface area contributed by atoms with Crippen molar-refractivity contribution in [1.29, 1.82) is 0 Å². The molecule has 9 heteroatoms. The predicted molar refractivity (Wildman–Crippen MR) is 136 cm³/mol. The Morgan fingerprint density at radius 3 is 2.82 bits per heavy atom. The summed E-state index contributed by atoms with van der Waals surface area (Å²) in [7, 11) is 1.60. The average molecular weight is 496 g/mol. The van der Waals surface area contributed by atoms with Crippen LogP contribution in [0.15, 0.2) is 52.2 Å². The number of thiocarbonyl (C=S) groups is 1. The molecule has 0 N–H and O–H groups in total. The van der Waals surface area contributed by atoms with Crippen molar-refractivity contribution in [3.8, 4) is 5.75 Å². The summed E-state index contributed by atoms with van der Waals surface area (Å²) < 4.78 is 7.57. The summed E-state index contributed by atoms with van der Waals surface area (Å²) in [5.41, 5.74) is 1.90. The van der Waals surface area contributed by atoms with Gasteiger partial charge in [0.2, 0.25) is 5.91 Å². The summed E-state index contributed by atoms with van der Waals surface area (Å²) >= 11 is 6.69. The van der Waals surface area contributed by atoms with Crippen LogP contribution in [0.4, 0.5) is 0 Å². The fourth-order valence-electron chi connectivity index (χ4n) is 5.04. The molecule has 1 unspecified atom stereocenters. The maximum absolute atomic E-state index is 13.1. The molecule has 0 aliphatic carbocycles. The van der Waals surface area contributed by atoms with Crippen LogP contribution in [0.1, 0.15) is 30.0 Å². The Morgan fingerprint density at radius 1 is 1.18 bits per heavy atom. The number of ether oxygens (including phenoxy) is 1. The molecule has 0 spiro atoms. The summed E-state index contributed by atoms with van der Waals surface area (Å²) in [6.45, 7) is 2.16. The molecule has 2 fully saturated rings. The summed E-state index contributed by atoms with van der Waals surface area (Å²) in [4.78, 5) is 42.2. The number of fused-ring (bicyclic) bond motifs is 4. The highest BCUT2D eigenvalue weighted by molar-refractivity contribution is 8.26. The molecular weight excluding hydrogens is 470 g/mol. The van der Waals surface area contributed by atoms with Crippen LogP contribution in [0.3, 0.4) is 0 Å². The van der Waals surface area contributed by atoms with E-state index in [0.29, 0.717) is 34.6 Å². The van der Waals surface area contributed by atoms with Gasteiger partial charge in [-0.2, -0.15) is 0 Å². The minimum Gasteiger partial charge on any atom is -0.497 e. The number of piperidine rings is 1. The topological polar surface area (TPSA) is 71.8 Å². The quantitative estimate of drug-likeness (QED) is 0.469. The number of thioether (sulfide) groups is 1. The highest BCUT2D eigenvalue weighted by Crippen LogP contribution is 2.36. The fraction of sp³-hybridized carbons (Fsp3) is 0.360. The van der Waals surface area contributed by atoms with Crippen molar-refractivity contribution < 1.29 is 14.3 Å². The fourth-order valence-corrected chi connectivity index (χ4v) is 6.35. The SMILES string of the molecule is COc1cccc(/C=C2/SC(=S)N(CCC(=O)N3CC4C[C@H](C3)c3cccc(=O)n3C4)C2=O)c1. The average Bonchev–Trinajstić information content (AvgIpc) is 3.10. The Balaban J connectivity index is 1.23. The zero-order valence-corrected chi connectivity index (χ0v) is 20.4. The minimum absolute atomic E-state index is 0.0206. The number of hydrogen-bond donors (Lipinski definition) is 0. The molecule has 2 aromatic rings. The number of nitrogens with zero attached hydrogens (tertiary/aromatic N) is 3.